The van der Waals surface area contributed by atoms with Crippen molar-refractivity contribution < 1.29 is 14.6 Å². The molecule has 0 aliphatic rings. The number of nitrogens with zero attached hydrogens (tertiary/aromatic N) is 4. The Labute approximate surface area is 217 Å². The molecule has 0 atom stereocenters. The summed E-state index contributed by atoms with van der Waals surface area (Å²) in [5.41, 5.74) is 4.61. The number of ether oxygens (including phenoxy) is 1. The lowest BCUT2D eigenvalue weighted by Gasteiger charge is -2.13. The number of aliphatic hydroxyl groups is 1. The van der Waals surface area contributed by atoms with Crippen LogP contribution in [0.5, 0.6) is 5.75 Å². The highest BCUT2D eigenvalue weighted by atomic mass is 16.5. The van der Waals surface area contributed by atoms with Gasteiger partial charge in [-0.25, -0.2) is 9.97 Å². The first-order chi connectivity index (χ1) is 18.0. The second-order valence-electron chi connectivity index (χ2n) is 8.96. The van der Waals surface area contributed by atoms with E-state index < -0.39 is 0 Å². The molecule has 0 saturated carbocycles. The number of carbonyl (C=O) groups is 1. The molecule has 0 fully saturated rings. The van der Waals surface area contributed by atoms with E-state index in [0.29, 0.717) is 36.6 Å². The second-order valence-corrected chi connectivity index (χ2v) is 8.96. The maximum atomic E-state index is 12.4. The van der Waals surface area contributed by atoms with E-state index in [0.717, 1.165) is 34.3 Å². The SMILES string of the molecule is COc1ccc(NC(=O)/C=C/CN(C)CCCO)cc1Cc1nccc(-c2cn(C)c3ccccc23)n1. The quantitative estimate of drug-likeness (QED) is 0.303. The van der Waals surface area contributed by atoms with Crippen LogP contribution in [0.15, 0.2) is 73.1 Å². The number of fused-ring (bicyclic) bond motifs is 1. The van der Waals surface area contributed by atoms with Crippen LogP contribution < -0.4 is 10.1 Å². The molecule has 4 aromatic rings. The zero-order valence-corrected chi connectivity index (χ0v) is 21.5. The Morgan fingerprint density at radius 3 is 2.86 bits per heavy atom. The Bertz CT molecular complexity index is 1400. The average molecular weight is 500 g/mol. The Hall–Kier alpha value is -4.01. The third kappa shape index (κ3) is 6.61. The number of para-hydroxylation sites is 1. The maximum Gasteiger partial charge on any atom is 0.248 e. The Morgan fingerprint density at radius 1 is 1.22 bits per heavy atom. The second kappa shape index (κ2) is 12.3. The third-order valence-corrected chi connectivity index (χ3v) is 6.16. The highest BCUT2D eigenvalue weighted by Gasteiger charge is 2.13. The standard InChI is InChI=1S/C29H33N5O3/c1-33(16-7-17-35)15-6-10-29(36)31-22-11-12-27(37-3)21(18-22)19-28-30-14-13-25(32-28)24-20-34(2)26-9-5-4-8-23(24)26/h4-6,8-14,18,20,35H,7,15-17,19H2,1-3H3,(H,31,36)/b10-6+. The molecule has 0 unspecified atom stereocenters. The number of aliphatic hydroxyl groups excluding tert-OH is 1. The number of methoxy groups -OCH3 is 1. The summed E-state index contributed by atoms with van der Waals surface area (Å²) in [6, 6.07) is 15.7. The summed E-state index contributed by atoms with van der Waals surface area (Å²) < 4.78 is 7.67. The van der Waals surface area contributed by atoms with Crippen molar-refractivity contribution in [2.75, 3.05) is 39.2 Å². The van der Waals surface area contributed by atoms with Crippen molar-refractivity contribution in [2.45, 2.75) is 12.8 Å². The average Bonchev–Trinajstić information content (AvgIpc) is 3.24. The van der Waals surface area contributed by atoms with Gasteiger partial charge in [0.1, 0.15) is 11.6 Å². The molecule has 8 heteroatoms. The summed E-state index contributed by atoms with van der Waals surface area (Å²) in [5, 5.41) is 13.0. The van der Waals surface area contributed by atoms with Crippen LogP contribution in [0.25, 0.3) is 22.2 Å². The van der Waals surface area contributed by atoms with Crippen molar-refractivity contribution in [1.82, 2.24) is 19.4 Å². The van der Waals surface area contributed by atoms with Crippen molar-refractivity contribution in [2.24, 2.45) is 7.05 Å². The number of aromatic nitrogens is 3. The summed E-state index contributed by atoms with van der Waals surface area (Å²) in [5.74, 6) is 1.16. The van der Waals surface area contributed by atoms with Crippen LogP contribution in [-0.4, -0.2) is 64.3 Å². The summed E-state index contributed by atoms with van der Waals surface area (Å²) in [6.45, 7) is 1.56. The normalized spacial score (nSPS) is 11.5. The van der Waals surface area contributed by atoms with Crippen LogP contribution in [-0.2, 0) is 18.3 Å². The maximum absolute atomic E-state index is 12.4. The lowest BCUT2D eigenvalue weighted by Crippen LogP contribution is -2.20. The summed E-state index contributed by atoms with van der Waals surface area (Å²) >= 11 is 0. The molecule has 1 amide bonds. The predicted octanol–water partition coefficient (Wildman–Crippen LogP) is 4.04. The van der Waals surface area contributed by atoms with Crippen LogP contribution in [0, 0.1) is 0 Å². The van der Waals surface area contributed by atoms with Gasteiger partial charge in [-0.15, -0.1) is 0 Å². The first-order valence-electron chi connectivity index (χ1n) is 12.3. The van der Waals surface area contributed by atoms with Gasteiger partial charge < -0.3 is 24.6 Å². The van der Waals surface area contributed by atoms with Crippen LogP contribution >= 0.6 is 0 Å². The molecular weight excluding hydrogens is 466 g/mol. The van der Waals surface area contributed by atoms with Crippen LogP contribution in [0.1, 0.15) is 17.8 Å². The van der Waals surface area contributed by atoms with E-state index in [2.05, 4.69) is 33.2 Å². The molecule has 8 nitrogen and oxygen atoms in total. The van der Waals surface area contributed by atoms with E-state index in [9.17, 15) is 4.79 Å². The van der Waals surface area contributed by atoms with Crippen LogP contribution in [0.2, 0.25) is 0 Å². The summed E-state index contributed by atoms with van der Waals surface area (Å²) in [6.07, 6.45) is 8.36. The van der Waals surface area contributed by atoms with Gasteiger partial charge in [-0.05, 0) is 43.8 Å². The number of hydrogen-bond acceptors (Lipinski definition) is 6. The van der Waals surface area contributed by atoms with Gasteiger partial charge in [0.25, 0.3) is 0 Å². The molecule has 4 rings (SSSR count). The van der Waals surface area contributed by atoms with Crippen LogP contribution in [0.4, 0.5) is 5.69 Å². The number of hydrogen-bond donors (Lipinski definition) is 2. The number of amides is 1. The largest absolute Gasteiger partial charge is 0.496 e. The molecule has 2 heterocycles. The highest BCUT2D eigenvalue weighted by molar-refractivity contribution is 5.99. The van der Waals surface area contributed by atoms with Crippen molar-refractivity contribution in [3.63, 3.8) is 0 Å². The minimum absolute atomic E-state index is 0.160. The number of rotatable bonds is 11. The summed E-state index contributed by atoms with van der Waals surface area (Å²) in [7, 11) is 5.61. The molecule has 0 aliphatic heterocycles. The molecule has 0 saturated heterocycles. The number of carbonyl (C=O) groups excluding carboxylic acids is 1. The van der Waals surface area contributed by atoms with Crippen molar-refractivity contribution in [3.05, 3.63) is 84.5 Å². The highest BCUT2D eigenvalue weighted by Crippen LogP contribution is 2.29. The molecule has 192 valence electrons. The monoisotopic (exact) mass is 499 g/mol. The number of nitrogens with one attached hydrogen (secondary N) is 1. The lowest BCUT2D eigenvalue weighted by atomic mass is 10.1. The molecule has 2 aromatic heterocycles. The van der Waals surface area contributed by atoms with E-state index in [4.69, 9.17) is 14.8 Å². The van der Waals surface area contributed by atoms with Gasteiger partial charge in [-0.2, -0.15) is 0 Å². The van der Waals surface area contributed by atoms with Gasteiger partial charge in [-0.3, -0.25) is 4.79 Å². The first-order valence-corrected chi connectivity index (χ1v) is 12.3. The zero-order chi connectivity index (χ0) is 26.2. The van der Waals surface area contributed by atoms with Gasteiger partial charge in [0.2, 0.25) is 5.91 Å². The molecule has 37 heavy (non-hydrogen) atoms. The number of anilines is 1. The van der Waals surface area contributed by atoms with E-state index >= 15 is 0 Å². The molecular formula is C29H33N5O3. The van der Waals surface area contributed by atoms with Gasteiger partial charge in [0, 0.05) is 79.4 Å². The predicted molar refractivity (Wildman–Crippen MR) is 147 cm³/mol. The minimum atomic E-state index is -0.208. The minimum Gasteiger partial charge on any atom is -0.496 e. The first kappa shape index (κ1) is 26.1. The fourth-order valence-electron chi connectivity index (χ4n) is 4.30. The summed E-state index contributed by atoms with van der Waals surface area (Å²) in [4.78, 5) is 23.8. The molecule has 0 spiro atoms. The fourth-order valence-corrected chi connectivity index (χ4v) is 4.30. The Balaban J connectivity index is 1.49. The smallest absolute Gasteiger partial charge is 0.248 e. The van der Waals surface area contributed by atoms with Gasteiger partial charge >= 0.3 is 0 Å². The lowest BCUT2D eigenvalue weighted by molar-refractivity contribution is -0.111. The van der Waals surface area contributed by atoms with Crippen molar-refractivity contribution >= 4 is 22.5 Å². The molecule has 0 aliphatic carbocycles. The third-order valence-electron chi connectivity index (χ3n) is 6.16. The fraction of sp³-hybridized carbons (Fsp3) is 0.276. The van der Waals surface area contributed by atoms with Gasteiger partial charge in [-0.1, -0.05) is 24.3 Å². The van der Waals surface area contributed by atoms with Gasteiger partial charge in [0.15, 0.2) is 0 Å². The number of aryl methyl sites for hydroxylation is 1. The molecule has 2 aromatic carbocycles. The van der Waals surface area contributed by atoms with E-state index in [1.807, 2.05) is 61.5 Å². The topological polar surface area (TPSA) is 92.5 Å². The van der Waals surface area contributed by atoms with Gasteiger partial charge in [0.05, 0.1) is 12.8 Å². The van der Waals surface area contributed by atoms with Crippen molar-refractivity contribution in [1.29, 1.82) is 0 Å². The van der Waals surface area contributed by atoms with E-state index in [1.54, 1.807) is 13.3 Å². The molecule has 2 N–H and O–H groups in total. The Kier molecular flexibility index (Phi) is 8.66. The zero-order valence-electron chi connectivity index (χ0n) is 21.5. The Morgan fingerprint density at radius 2 is 2.05 bits per heavy atom. The van der Waals surface area contributed by atoms with Crippen molar-refractivity contribution in [3.8, 4) is 17.0 Å². The van der Waals surface area contributed by atoms with E-state index in [1.165, 1.54) is 6.08 Å². The van der Waals surface area contributed by atoms with Crippen LogP contribution in [0.3, 0.4) is 0 Å². The number of benzene rings is 2. The molecule has 0 bridgehead atoms. The van der Waals surface area contributed by atoms with E-state index in [-0.39, 0.29) is 12.5 Å². The number of likely N-dealkylation sites (N-methyl/N-ethyl adjacent to an activating group) is 1. The molecule has 0 radical (unpaired) electrons.